The third kappa shape index (κ3) is 4.10. The summed E-state index contributed by atoms with van der Waals surface area (Å²) in [5.74, 6) is 0.878. The fourth-order valence-electron chi connectivity index (χ4n) is 2.09. The van der Waals surface area contributed by atoms with Crippen LogP contribution in [0.3, 0.4) is 0 Å². The summed E-state index contributed by atoms with van der Waals surface area (Å²) in [6.07, 6.45) is 9.12. The lowest BCUT2D eigenvalue weighted by molar-refractivity contribution is 0.186. The molecule has 1 unspecified atom stereocenters. The van der Waals surface area contributed by atoms with Crippen molar-refractivity contribution in [1.82, 2.24) is 0 Å². The molecule has 0 amide bonds. The van der Waals surface area contributed by atoms with Crippen LogP contribution in [0.15, 0.2) is 0 Å². The summed E-state index contributed by atoms with van der Waals surface area (Å²) in [6.45, 7) is 2.05. The number of hydrogen-bond donors (Lipinski definition) is 2. The Hall–Kier alpha value is -0.0800. The molecule has 2 nitrogen and oxygen atoms in total. The van der Waals surface area contributed by atoms with Gasteiger partial charge >= 0.3 is 0 Å². The van der Waals surface area contributed by atoms with Crippen LogP contribution in [0, 0.1) is 5.92 Å². The van der Waals surface area contributed by atoms with E-state index in [9.17, 15) is 0 Å². The van der Waals surface area contributed by atoms with E-state index in [0.29, 0.717) is 0 Å². The number of nitrogens with two attached hydrogens (primary N) is 1. The third-order valence-electron chi connectivity index (χ3n) is 3.21. The smallest absolute Gasteiger partial charge is 0.0608 e. The average molecular weight is 185 g/mol. The Morgan fingerprint density at radius 1 is 1.31 bits per heavy atom. The number of aliphatic hydroxyl groups is 1. The van der Waals surface area contributed by atoms with Crippen LogP contribution in [0.5, 0.6) is 0 Å². The van der Waals surface area contributed by atoms with E-state index in [1.807, 2.05) is 6.92 Å². The van der Waals surface area contributed by atoms with Crippen molar-refractivity contribution < 1.29 is 5.11 Å². The lowest BCUT2D eigenvalue weighted by Gasteiger charge is -2.27. The molecule has 1 atom stereocenters. The van der Waals surface area contributed by atoms with Crippen LogP contribution in [0.4, 0.5) is 0 Å². The van der Waals surface area contributed by atoms with Crippen LogP contribution in [0.25, 0.3) is 0 Å². The minimum absolute atomic E-state index is 0.111. The molecule has 1 aliphatic carbocycles. The highest BCUT2D eigenvalue weighted by Crippen LogP contribution is 2.28. The van der Waals surface area contributed by atoms with Gasteiger partial charge in [0.1, 0.15) is 0 Å². The van der Waals surface area contributed by atoms with Crippen molar-refractivity contribution in [1.29, 1.82) is 0 Å². The molecule has 0 aromatic carbocycles. The van der Waals surface area contributed by atoms with Gasteiger partial charge in [-0.25, -0.2) is 0 Å². The van der Waals surface area contributed by atoms with E-state index < -0.39 is 0 Å². The molecule has 1 aliphatic rings. The van der Waals surface area contributed by atoms with Crippen LogP contribution in [-0.4, -0.2) is 17.3 Å². The summed E-state index contributed by atoms with van der Waals surface area (Å²) >= 11 is 0. The fourth-order valence-corrected chi connectivity index (χ4v) is 2.09. The Labute approximate surface area is 81.5 Å². The summed E-state index contributed by atoms with van der Waals surface area (Å²) in [6, 6.07) is 0. The predicted octanol–water partition coefficient (Wildman–Crippen LogP) is 2.06. The Morgan fingerprint density at radius 3 is 2.46 bits per heavy atom. The van der Waals surface area contributed by atoms with E-state index in [-0.39, 0.29) is 12.1 Å². The number of aliphatic hydroxyl groups excluding tert-OH is 1. The molecular weight excluding hydrogens is 162 g/mol. The second-order valence-electron chi connectivity index (χ2n) is 4.85. The van der Waals surface area contributed by atoms with Gasteiger partial charge in [-0.15, -0.1) is 0 Å². The molecule has 0 spiro atoms. The summed E-state index contributed by atoms with van der Waals surface area (Å²) in [4.78, 5) is 0. The Morgan fingerprint density at radius 2 is 1.92 bits per heavy atom. The predicted molar refractivity (Wildman–Crippen MR) is 55.5 cm³/mol. The summed E-state index contributed by atoms with van der Waals surface area (Å²) in [5.41, 5.74) is 5.53. The van der Waals surface area contributed by atoms with Crippen molar-refractivity contribution >= 4 is 0 Å². The molecule has 0 heterocycles. The molecule has 0 aromatic heterocycles. The standard InChI is InChI=1S/C11H23NO/c1-11(12,9-13)8-7-10-5-3-2-4-6-10/h10,13H,2-9,12H2,1H3. The number of rotatable bonds is 4. The van der Waals surface area contributed by atoms with Crippen molar-refractivity contribution in [2.24, 2.45) is 11.7 Å². The molecule has 0 radical (unpaired) electrons. The zero-order valence-corrected chi connectivity index (χ0v) is 8.76. The van der Waals surface area contributed by atoms with E-state index >= 15 is 0 Å². The fraction of sp³-hybridized carbons (Fsp3) is 1.00. The summed E-state index contributed by atoms with van der Waals surface area (Å²) in [5, 5.41) is 9.00. The van der Waals surface area contributed by atoms with Gasteiger partial charge in [0.15, 0.2) is 0 Å². The molecule has 1 fully saturated rings. The van der Waals surface area contributed by atoms with Crippen LogP contribution >= 0.6 is 0 Å². The first kappa shape index (κ1) is 11.0. The molecular formula is C11H23NO. The van der Waals surface area contributed by atoms with Crippen LogP contribution in [0.1, 0.15) is 51.9 Å². The number of hydrogen-bond acceptors (Lipinski definition) is 2. The summed E-state index contributed by atoms with van der Waals surface area (Å²) < 4.78 is 0. The molecule has 13 heavy (non-hydrogen) atoms. The zero-order chi connectivity index (χ0) is 9.73. The zero-order valence-electron chi connectivity index (χ0n) is 8.76. The molecule has 1 saturated carbocycles. The molecule has 78 valence electrons. The third-order valence-corrected chi connectivity index (χ3v) is 3.21. The first-order valence-corrected chi connectivity index (χ1v) is 5.54. The van der Waals surface area contributed by atoms with Crippen molar-refractivity contribution in [3.63, 3.8) is 0 Å². The topological polar surface area (TPSA) is 46.2 Å². The highest BCUT2D eigenvalue weighted by atomic mass is 16.3. The van der Waals surface area contributed by atoms with Gasteiger partial charge < -0.3 is 10.8 Å². The van der Waals surface area contributed by atoms with Crippen molar-refractivity contribution in [2.45, 2.75) is 57.4 Å². The van der Waals surface area contributed by atoms with E-state index in [1.54, 1.807) is 0 Å². The van der Waals surface area contributed by atoms with E-state index in [0.717, 1.165) is 12.3 Å². The highest BCUT2D eigenvalue weighted by molar-refractivity contribution is 4.79. The van der Waals surface area contributed by atoms with E-state index in [4.69, 9.17) is 10.8 Å². The van der Waals surface area contributed by atoms with Crippen molar-refractivity contribution in [3.05, 3.63) is 0 Å². The Balaban J connectivity index is 2.17. The molecule has 3 N–H and O–H groups in total. The highest BCUT2D eigenvalue weighted by Gasteiger charge is 2.20. The first-order valence-electron chi connectivity index (χ1n) is 5.54. The maximum absolute atomic E-state index is 9.00. The molecule has 0 aromatic rings. The second kappa shape index (κ2) is 4.97. The lowest BCUT2D eigenvalue weighted by atomic mass is 9.83. The van der Waals surface area contributed by atoms with Gasteiger partial charge in [-0.3, -0.25) is 0 Å². The summed E-state index contributed by atoms with van der Waals surface area (Å²) in [7, 11) is 0. The van der Waals surface area contributed by atoms with Crippen LogP contribution in [-0.2, 0) is 0 Å². The molecule has 0 aliphatic heterocycles. The minimum Gasteiger partial charge on any atom is -0.394 e. The lowest BCUT2D eigenvalue weighted by Crippen LogP contribution is -2.40. The van der Waals surface area contributed by atoms with E-state index in [1.165, 1.54) is 38.5 Å². The quantitative estimate of drug-likeness (QED) is 0.704. The Bertz CT molecular complexity index is 139. The van der Waals surface area contributed by atoms with Crippen molar-refractivity contribution in [3.8, 4) is 0 Å². The van der Waals surface area contributed by atoms with E-state index in [2.05, 4.69) is 0 Å². The van der Waals surface area contributed by atoms with Gasteiger partial charge in [0, 0.05) is 5.54 Å². The van der Waals surface area contributed by atoms with Gasteiger partial charge in [0.25, 0.3) is 0 Å². The monoisotopic (exact) mass is 185 g/mol. The average Bonchev–Trinajstić information content (AvgIpc) is 2.17. The first-order chi connectivity index (χ1) is 6.14. The second-order valence-corrected chi connectivity index (χ2v) is 4.85. The van der Waals surface area contributed by atoms with Crippen LogP contribution in [0.2, 0.25) is 0 Å². The molecule has 2 heteroatoms. The normalized spacial score (nSPS) is 24.2. The van der Waals surface area contributed by atoms with Gasteiger partial charge in [-0.05, 0) is 25.7 Å². The van der Waals surface area contributed by atoms with Crippen LogP contribution < -0.4 is 5.73 Å². The molecule has 0 bridgehead atoms. The maximum atomic E-state index is 9.00. The largest absolute Gasteiger partial charge is 0.394 e. The van der Waals surface area contributed by atoms with Gasteiger partial charge in [0.2, 0.25) is 0 Å². The SMILES string of the molecule is CC(N)(CO)CCC1CCCCC1. The van der Waals surface area contributed by atoms with Crippen molar-refractivity contribution in [2.75, 3.05) is 6.61 Å². The van der Waals surface area contributed by atoms with Gasteiger partial charge in [-0.1, -0.05) is 32.1 Å². The molecule has 1 rings (SSSR count). The van der Waals surface area contributed by atoms with Gasteiger partial charge in [-0.2, -0.15) is 0 Å². The minimum atomic E-state index is -0.350. The molecule has 0 saturated heterocycles. The Kier molecular flexibility index (Phi) is 4.20. The van der Waals surface area contributed by atoms with Gasteiger partial charge in [0.05, 0.1) is 6.61 Å². The maximum Gasteiger partial charge on any atom is 0.0608 e.